The van der Waals surface area contributed by atoms with Gasteiger partial charge in [0.1, 0.15) is 11.5 Å². The monoisotopic (exact) mass is 548 g/mol. The van der Waals surface area contributed by atoms with E-state index in [4.69, 9.17) is 14.4 Å². The van der Waals surface area contributed by atoms with Crippen molar-refractivity contribution in [3.63, 3.8) is 0 Å². The fourth-order valence-corrected chi connectivity index (χ4v) is 4.24. The Hall–Kier alpha value is -6.10. The van der Waals surface area contributed by atoms with E-state index in [0.29, 0.717) is 10.1 Å². The molecule has 11 heteroatoms. The molecule has 0 saturated carbocycles. The Morgan fingerprint density at radius 2 is 0.829 bits per heavy atom. The lowest BCUT2D eigenvalue weighted by molar-refractivity contribution is -0.0584. The molecule has 2 aliphatic rings. The molecule has 200 valence electrons. The van der Waals surface area contributed by atoms with Gasteiger partial charge in [-0.1, -0.05) is 46.5 Å². The van der Waals surface area contributed by atoms with Gasteiger partial charge in [-0.2, -0.15) is 0 Å². The van der Waals surface area contributed by atoms with E-state index in [1.54, 1.807) is 36.4 Å². The van der Waals surface area contributed by atoms with Gasteiger partial charge >= 0.3 is 11.9 Å². The number of hydrogen-bond donors (Lipinski definition) is 0. The first-order valence-corrected chi connectivity index (χ1v) is 12.1. The number of carbonyl (C=O) groups is 6. The van der Waals surface area contributed by atoms with Crippen molar-refractivity contribution in [2.24, 2.45) is 0 Å². The van der Waals surface area contributed by atoms with Crippen LogP contribution < -0.4 is 4.74 Å². The standard InChI is InChI=1S/C30H16N2O9/c33-25-21-13-11-19(15-23(21)27(35)31(25)40-29(37)17-7-3-1-4-8-17)39-20-12-14-22-24(16-20)28(36)32(26(22)34)41-30(38)18-9-5-2-6-10-18/h1-16H. The molecule has 0 bridgehead atoms. The summed E-state index contributed by atoms with van der Waals surface area (Å²) >= 11 is 0. The number of benzene rings is 4. The van der Waals surface area contributed by atoms with Crippen LogP contribution >= 0.6 is 0 Å². The van der Waals surface area contributed by atoms with Crippen molar-refractivity contribution >= 4 is 35.6 Å². The molecule has 4 aromatic carbocycles. The fraction of sp³-hybridized carbons (Fsp3) is 0. The zero-order valence-electron chi connectivity index (χ0n) is 20.8. The van der Waals surface area contributed by atoms with E-state index < -0.39 is 35.6 Å². The second kappa shape index (κ2) is 9.89. The van der Waals surface area contributed by atoms with Crippen LogP contribution in [-0.4, -0.2) is 45.7 Å². The summed E-state index contributed by atoms with van der Waals surface area (Å²) in [5, 5.41) is 0.767. The van der Waals surface area contributed by atoms with E-state index >= 15 is 0 Å². The minimum Gasteiger partial charge on any atom is -0.457 e. The van der Waals surface area contributed by atoms with Crippen LogP contribution in [-0.2, 0) is 9.68 Å². The number of fused-ring (bicyclic) bond motifs is 2. The zero-order chi connectivity index (χ0) is 28.7. The first kappa shape index (κ1) is 25.2. The van der Waals surface area contributed by atoms with Crippen molar-refractivity contribution in [3.8, 4) is 11.5 Å². The van der Waals surface area contributed by atoms with Crippen LogP contribution in [0.4, 0.5) is 0 Å². The molecule has 2 aliphatic heterocycles. The van der Waals surface area contributed by atoms with E-state index in [2.05, 4.69) is 0 Å². The lowest BCUT2D eigenvalue weighted by Crippen LogP contribution is -2.32. The third kappa shape index (κ3) is 4.46. The first-order chi connectivity index (χ1) is 19.8. The van der Waals surface area contributed by atoms with Gasteiger partial charge in [-0.15, -0.1) is 0 Å². The summed E-state index contributed by atoms with van der Waals surface area (Å²) in [7, 11) is 0. The second-order valence-corrected chi connectivity index (χ2v) is 8.82. The van der Waals surface area contributed by atoms with Crippen molar-refractivity contribution in [1.29, 1.82) is 0 Å². The molecule has 0 saturated heterocycles. The van der Waals surface area contributed by atoms with Crippen LogP contribution in [0.25, 0.3) is 0 Å². The molecule has 0 radical (unpaired) electrons. The normalized spacial score (nSPS) is 13.7. The largest absolute Gasteiger partial charge is 0.457 e. The maximum Gasteiger partial charge on any atom is 0.363 e. The molecule has 0 N–H and O–H groups in total. The van der Waals surface area contributed by atoms with Crippen LogP contribution in [0.5, 0.6) is 11.5 Å². The van der Waals surface area contributed by atoms with Crippen LogP contribution in [0.2, 0.25) is 0 Å². The summed E-state index contributed by atoms with van der Waals surface area (Å²) in [6.07, 6.45) is 0. The maximum atomic E-state index is 12.9. The topological polar surface area (TPSA) is 137 Å². The van der Waals surface area contributed by atoms with Crippen molar-refractivity contribution < 1.29 is 43.2 Å². The third-order valence-electron chi connectivity index (χ3n) is 6.24. The van der Waals surface area contributed by atoms with Gasteiger partial charge in [-0.05, 0) is 60.7 Å². The van der Waals surface area contributed by atoms with Gasteiger partial charge in [0.25, 0.3) is 23.6 Å². The van der Waals surface area contributed by atoms with Gasteiger partial charge in [-0.25, -0.2) is 9.59 Å². The first-order valence-electron chi connectivity index (χ1n) is 12.1. The number of rotatable bonds is 6. The Kier molecular flexibility index (Phi) is 6.08. The molecule has 0 aromatic heterocycles. The molecule has 4 aromatic rings. The van der Waals surface area contributed by atoms with E-state index in [1.165, 1.54) is 60.7 Å². The number of amides is 4. The highest BCUT2D eigenvalue weighted by molar-refractivity contribution is 6.22. The molecule has 0 spiro atoms. The van der Waals surface area contributed by atoms with Gasteiger partial charge < -0.3 is 14.4 Å². The highest BCUT2D eigenvalue weighted by Gasteiger charge is 2.41. The summed E-state index contributed by atoms with van der Waals surface area (Å²) in [5.74, 6) is -4.83. The number of hydrogen-bond acceptors (Lipinski definition) is 9. The van der Waals surface area contributed by atoms with Gasteiger partial charge in [0.15, 0.2) is 0 Å². The fourth-order valence-electron chi connectivity index (χ4n) is 4.24. The number of carbonyl (C=O) groups excluding carboxylic acids is 6. The number of hydroxylamine groups is 4. The highest BCUT2D eigenvalue weighted by atomic mass is 16.7. The molecule has 0 aliphatic carbocycles. The minimum atomic E-state index is -0.877. The van der Waals surface area contributed by atoms with Crippen LogP contribution in [0.1, 0.15) is 62.1 Å². The molecule has 4 amide bonds. The van der Waals surface area contributed by atoms with E-state index in [1.807, 2.05) is 0 Å². The molecule has 11 nitrogen and oxygen atoms in total. The Morgan fingerprint density at radius 1 is 0.463 bits per heavy atom. The Balaban J connectivity index is 1.18. The quantitative estimate of drug-likeness (QED) is 0.324. The molecule has 6 rings (SSSR count). The van der Waals surface area contributed by atoms with E-state index in [9.17, 15) is 28.8 Å². The average Bonchev–Trinajstić information content (AvgIpc) is 3.37. The zero-order valence-corrected chi connectivity index (χ0v) is 20.8. The number of ether oxygens (including phenoxy) is 1. The summed E-state index contributed by atoms with van der Waals surface area (Å²) < 4.78 is 5.79. The summed E-state index contributed by atoms with van der Waals surface area (Å²) in [5.41, 5.74) is 0.222. The summed E-state index contributed by atoms with van der Waals surface area (Å²) in [6.45, 7) is 0. The molecular weight excluding hydrogens is 532 g/mol. The van der Waals surface area contributed by atoms with Crippen LogP contribution in [0.3, 0.4) is 0 Å². The van der Waals surface area contributed by atoms with Crippen molar-refractivity contribution in [1.82, 2.24) is 10.1 Å². The molecule has 0 unspecified atom stereocenters. The molecule has 0 fully saturated rings. The molecular formula is C30H16N2O9. The van der Waals surface area contributed by atoms with Crippen LogP contribution in [0.15, 0.2) is 97.1 Å². The second-order valence-electron chi connectivity index (χ2n) is 8.82. The smallest absolute Gasteiger partial charge is 0.363 e. The van der Waals surface area contributed by atoms with E-state index in [0.717, 1.165) is 0 Å². The average molecular weight is 548 g/mol. The van der Waals surface area contributed by atoms with Crippen molar-refractivity contribution in [2.75, 3.05) is 0 Å². The SMILES string of the molecule is O=C(ON1C(=O)c2ccc(Oc3ccc4c(c3)C(=O)N(OC(=O)c3ccccc3)C4=O)cc2C1=O)c1ccccc1. The van der Waals surface area contributed by atoms with Crippen LogP contribution in [0, 0.1) is 0 Å². The van der Waals surface area contributed by atoms with Gasteiger partial charge in [0.05, 0.1) is 33.4 Å². The number of nitrogens with zero attached hydrogens (tertiary/aromatic N) is 2. The maximum absolute atomic E-state index is 12.9. The summed E-state index contributed by atoms with van der Waals surface area (Å²) in [6, 6.07) is 23.9. The molecule has 41 heavy (non-hydrogen) atoms. The predicted molar refractivity (Wildman–Crippen MR) is 138 cm³/mol. The lowest BCUT2D eigenvalue weighted by atomic mass is 10.1. The molecule has 0 atom stereocenters. The van der Waals surface area contributed by atoms with Gasteiger partial charge in [0.2, 0.25) is 0 Å². The number of imide groups is 2. The van der Waals surface area contributed by atoms with Gasteiger partial charge in [-0.3, -0.25) is 19.2 Å². The summed E-state index contributed by atoms with van der Waals surface area (Å²) in [4.78, 5) is 86.0. The Labute approximate surface area is 231 Å². The van der Waals surface area contributed by atoms with Crippen molar-refractivity contribution in [2.45, 2.75) is 0 Å². The highest BCUT2D eigenvalue weighted by Crippen LogP contribution is 2.33. The van der Waals surface area contributed by atoms with Gasteiger partial charge in [0, 0.05) is 0 Å². The Bertz CT molecular complexity index is 1650. The van der Waals surface area contributed by atoms with Crippen molar-refractivity contribution in [3.05, 3.63) is 130 Å². The molecule has 2 heterocycles. The Morgan fingerprint density at radius 3 is 1.22 bits per heavy atom. The predicted octanol–water partition coefficient (Wildman–Crippen LogP) is 4.21. The minimum absolute atomic E-state index is 0.00816. The van der Waals surface area contributed by atoms with E-state index in [-0.39, 0.29) is 44.9 Å². The third-order valence-corrected chi connectivity index (χ3v) is 6.24. The lowest BCUT2D eigenvalue weighted by Gasteiger charge is -2.12.